The molecule has 1 aromatic carbocycles. The van der Waals surface area contributed by atoms with Gasteiger partial charge in [0, 0.05) is 11.6 Å². The Morgan fingerprint density at radius 3 is 3.00 bits per heavy atom. The first-order valence-corrected chi connectivity index (χ1v) is 6.63. The van der Waals surface area contributed by atoms with Crippen molar-refractivity contribution in [3.63, 3.8) is 0 Å². The first-order chi connectivity index (χ1) is 9.24. The van der Waals surface area contributed by atoms with E-state index in [1.54, 1.807) is 17.6 Å². The van der Waals surface area contributed by atoms with Crippen LogP contribution in [0.25, 0.3) is 0 Å². The Kier molecular flexibility index (Phi) is 3.08. The number of carboxylic acids is 1. The standard InChI is InChI=1S/C13H11NO4S/c15-13(16)9(12-14-3-4-19-12)5-8-1-2-10-11(6-8)18-7-17-10/h1-4,6,9H,5,7H2,(H,15,16). The quantitative estimate of drug-likeness (QED) is 0.928. The molecule has 2 heterocycles. The molecular weight excluding hydrogens is 266 g/mol. The normalized spacial score (nSPS) is 14.3. The van der Waals surface area contributed by atoms with Gasteiger partial charge in [0.05, 0.1) is 0 Å². The molecule has 0 bridgehead atoms. The van der Waals surface area contributed by atoms with Crippen molar-refractivity contribution in [1.29, 1.82) is 0 Å². The van der Waals surface area contributed by atoms with Gasteiger partial charge in [0.2, 0.25) is 6.79 Å². The van der Waals surface area contributed by atoms with Crippen LogP contribution < -0.4 is 9.47 Å². The van der Waals surface area contributed by atoms with E-state index in [-0.39, 0.29) is 6.79 Å². The number of hydrogen-bond acceptors (Lipinski definition) is 5. The first kappa shape index (κ1) is 12.0. The van der Waals surface area contributed by atoms with Crippen LogP contribution in [0.5, 0.6) is 11.5 Å². The van der Waals surface area contributed by atoms with E-state index in [4.69, 9.17) is 9.47 Å². The summed E-state index contributed by atoms with van der Waals surface area (Å²) in [5.41, 5.74) is 0.895. The molecule has 0 spiro atoms. The number of nitrogens with zero attached hydrogens (tertiary/aromatic N) is 1. The molecule has 5 nitrogen and oxygen atoms in total. The molecule has 0 fully saturated rings. The van der Waals surface area contributed by atoms with Crippen LogP contribution in [0.2, 0.25) is 0 Å². The predicted molar refractivity (Wildman–Crippen MR) is 68.8 cm³/mol. The number of ether oxygens (including phenoxy) is 2. The summed E-state index contributed by atoms with van der Waals surface area (Å²) in [5.74, 6) is -0.126. The molecule has 0 amide bonds. The molecule has 19 heavy (non-hydrogen) atoms. The van der Waals surface area contributed by atoms with E-state index in [1.807, 2.05) is 12.1 Å². The van der Waals surface area contributed by atoms with Gasteiger partial charge in [-0.25, -0.2) is 4.98 Å². The fraction of sp³-hybridized carbons (Fsp3) is 0.231. The van der Waals surface area contributed by atoms with Crippen molar-refractivity contribution in [3.05, 3.63) is 40.3 Å². The average Bonchev–Trinajstić information content (AvgIpc) is 3.06. The number of fused-ring (bicyclic) bond motifs is 1. The fourth-order valence-corrected chi connectivity index (χ4v) is 2.72. The number of hydrogen-bond donors (Lipinski definition) is 1. The van der Waals surface area contributed by atoms with Gasteiger partial charge in [-0.3, -0.25) is 4.79 Å². The third-order valence-electron chi connectivity index (χ3n) is 2.92. The third-order valence-corrected chi connectivity index (χ3v) is 3.81. The number of carbonyl (C=O) groups is 1. The number of carboxylic acid groups (broad SMARTS) is 1. The number of aliphatic carboxylic acids is 1. The molecular formula is C13H11NO4S. The summed E-state index contributed by atoms with van der Waals surface area (Å²) < 4.78 is 10.5. The van der Waals surface area contributed by atoms with Crippen molar-refractivity contribution in [2.75, 3.05) is 6.79 Å². The number of thiazole rings is 1. The molecule has 1 N–H and O–H groups in total. The van der Waals surface area contributed by atoms with Crippen LogP contribution >= 0.6 is 11.3 Å². The number of aromatic nitrogens is 1. The maximum absolute atomic E-state index is 11.3. The van der Waals surface area contributed by atoms with Crippen LogP contribution in [0.3, 0.4) is 0 Å². The van der Waals surface area contributed by atoms with Gasteiger partial charge in [-0.1, -0.05) is 6.07 Å². The Morgan fingerprint density at radius 2 is 2.26 bits per heavy atom. The molecule has 0 radical (unpaired) electrons. The average molecular weight is 277 g/mol. The van der Waals surface area contributed by atoms with E-state index in [0.29, 0.717) is 22.9 Å². The van der Waals surface area contributed by atoms with Crippen molar-refractivity contribution in [1.82, 2.24) is 4.98 Å². The molecule has 2 aromatic rings. The largest absolute Gasteiger partial charge is 0.481 e. The monoisotopic (exact) mass is 277 g/mol. The van der Waals surface area contributed by atoms with Crippen LogP contribution in [0.1, 0.15) is 16.5 Å². The maximum atomic E-state index is 11.3. The van der Waals surface area contributed by atoms with Crippen molar-refractivity contribution in [2.45, 2.75) is 12.3 Å². The number of benzene rings is 1. The van der Waals surface area contributed by atoms with Gasteiger partial charge >= 0.3 is 5.97 Å². The molecule has 1 aromatic heterocycles. The zero-order chi connectivity index (χ0) is 13.2. The lowest BCUT2D eigenvalue weighted by atomic mass is 10.00. The lowest BCUT2D eigenvalue weighted by Crippen LogP contribution is -2.14. The van der Waals surface area contributed by atoms with Gasteiger partial charge in [0.1, 0.15) is 10.9 Å². The lowest BCUT2D eigenvalue weighted by Gasteiger charge is -2.10. The van der Waals surface area contributed by atoms with Gasteiger partial charge < -0.3 is 14.6 Å². The van der Waals surface area contributed by atoms with Crippen LogP contribution in [0.4, 0.5) is 0 Å². The highest BCUT2D eigenvalue weighted by Gasteiger charge is 2.24. The maximum Gasteiger partial charge on any atom is 0.313 e. The summed E-state index contributed by atoms with van der Waals surface area (Å²) in [6.07, 6.45) is 2.01. The Bertz CT molecular complexity index is 597. The minimum absolute atomic E-state index is 0.216. The summed E-state index contributed by atoms with van der Waals surface area (Å²) in [6.45, 7) is 0.216. The molecule has 6 heteroatoms. The smallest absolute Gasteiger partial charge is 0.313 e. The first-order valence-electron chi connectivity index (χ1n) is 5.75. The molecule has 0 saturated heterocycles. The van der Waals surface area contributed by atoms with Gasteiger partial charge in [0.15, 0.2) is 11.5 Å². The molecule has 1 unspecified atom stereocenters. The van der Waals surface area contributed by atoms with Crippen LogP contribution in [0.15, 0.2) is 29.8 Å². The third kappa shape index (κ3) is 2.39. The fourth-order valence-electron chi connectivity index (χ4n) is 1.99. The van der Waals surface area contributed by atoms with Crippen LogP contribution in [0, 0.1) is 0 Å². The summed E-state index contributed by atoms with van der Waals surface area (Å²) in [5, 5.41) is 11.7. The van der Waals surface area contributed by atoms with E-state index in [9.17, 15) is 9.90 Å². The van der Waals surface area contributed by atoms with Gasteiger partial charge in [-0.05, 0) is 24.1 Å². The highest BCUT2D eigenvalue weighted by atomic mass is 32.1. The van der Waals surface area contributed by atoms with Gasteiger partial charge in [0.25, 0.3) is 0 Å². The molecule has 1 aliphatic heterocycles. The predicted octanol–water partition coefficient (Wildman–Crippen LogP) is 2.28. The van der Waals surface area contributed by atoms with Crippen molar-refractivity contribution in [2.24, 2.45) is 0 Å². The molecule has 1 aliphatic rings. The molecule has 0 aliphatic carbocycles. The SMILES string of the molecule is O=C(O)C(Cc1ccc2c(c1)OCO2)c1nccs1. The molecule has 1 atom stereocenters. The summed E-state index contributed by atoms with van der Waals surface area (Å²) in [4.78, 5) is 15.4. The second kappa shape index (κ2) is 4.89. The van der Waals surface area contributed by atoms with E-state index >= 15 is 0 Å². The van der Waals surface area contributed by atoms with Crippen molar-refractivity contribution >= 4 is 17.3 Å². The summed E-state index contributed by atoms with van der Waals surface area (Å²) in [6, 6.07) is 5.49. The second-order valence-corrected chi connectivity index (χ2v) is 5.08. The zero-order valence-electron chi connectivity index (χ0n) is 9.91. The van der Waals surface area contributed by atoms with E-state index in [1.165, 1.54) is 11.3 Å². The Labute approximate surface area is 113 Å². The summed E-state index contributed by atoms with van der Waals surface area (Å²) in [7, 11) is 0. The van der Waals surface area contributed by atoms with Crippen molar-refractivity contribution < 1.29 is 19.4 Å². The molecule has 98 valence electrons. The lowest BCUT2D eigenvalue weighted by molar-refractivity contribution is -0.138. The summed E-state index contributed by atoms with van der Waals surface area (Å²) >= 11 is 1.36. The Balaban J connectivity index is 1.84. The highest BCUT2D eigenvalue weighted by Crippen LogP contribution is 2.34. The van der Waals surface area contributed by atoms with Gasteiger partial charge in [-0.15, -0.1) is 11.3 Å². The number of rotatable bonds is 4. The Morgan fingerprint density at radius 1 is 1.42 bits per heavy atom. The second-order valence-electron chi connectivity index (χ2n) is 4.15. The topological polar surface area (TPSA) is 68.7 Å². The van der Waals surface area contributed by atoms with E-state index in [2.05, 4.69) is 4.98 Å². The molecule has 3 rings (SSSR count). The van der Waals surface area contributed by atoms with Gasteiger partial charge in [-0.2, -0.15) is 0 Å². The Hall–Kier alpha value is -2.08. The molecule has 0 saturated carbocycles. The highest BCUT2D eigenvalue weighted by molar-refractivity contribution is 7.09. The zero-order valence-corrected chi connectivity index (χ0v) is 10.7. The van der Waals surface area contributed by atoms with E-state index in [0.717, 1.165) is 5.56 Å². The van der Waals surface area contributed by atoms with Crippen molar-refractivity contribution in [3.8, 4) is 11.5 Å². The minimum atomic E-state index is -0.868. The minimum Gasteiger partial charge on any atom is -0.481 e. The van der Waals surface area contributed by atoms with Crippen LogP contribution in [-0.2, 0) is 11.2 Å². The van der Waals surface area contributed by atoms with Crippen LogP contribution in [-0.4, -0.2) is 22.9 Å². The van der Waals surface area contributed by atoms with E-state index < -0.39 is 11.9 Å².